The van der Waals surface area contributed by atoms with Gasteiger partial charge in [0.05, 0.1) is 18.9 Å². The first kappa shape index (κ1) is 9.36. The zero-order chi connectivity index (χ0) is 10.1. The average molecular weight is 207 g/mol. The van der Waals surface area contributed by atoms with Gasteiger partial charge in [0, 0.05) is 30.1 Å². The number of aromatic amines is 1. The van der Waals surface area contributed by atoms with Crippen LogP contribution < -0.4 is 5.32 Å². The highest BCUT2D eigenvalue weighted by molar-refractivity contribution is 5.29. The van der Waals surface area contributed by atoms with E-state index in [0.717, 1.165) is 32.7 Å². The van der Waals surface area contributed by atoms with Crippen LogP contribution in [0.5, 0.6) is 0 Å². The summed E-state index contributed by atoms with van der Waals surface area (Å²) in [5.41, 5.74) is 3.87. The largest absolute Gasteiger partial charge is 0.376 e. The lowest BCUT2D eigenvalue weighted by Crippen LogP contribution is -2.29. The van der Waals surface area contributed by atoms with Gasteiger partial charge in [-0.05, 0) is 19.4 Å². The first-order valence-corrected chi connectivity index (χ1v) is 5.79. The summed E-state index contributed by atoms with van der Waals surface area (Å²) in [4.78, 5) is 0. The Morgan fingerprint density at radius 1 is 1.40 bits per heavy atom. The molecule has 1 saturated heterocycles. The van der Waals surface area contributed by atoms with Crippen molar-refractivity contribution in [3.05, 3.63) is 17.0 Å². The Hall–Kier alpha value is -0.870. The predicted molar refractivity (Wildman–Crippen MR) is 56.8 cm³/mol. The zero-order valence-electron chi connectivity index (χ0n) is 8.88. The summed E-state index contributed by atoms with van der Waals surface area (Å²) >= 11 is 0. The molecule has 3 heterocycles. The maximum absolute atomic E-state index is 5.51. The van der Waals surface area contributed by atoms with Gasteiger partial charge >= 0.3 is 0 Å². The molecule has 3 rings (SSSR count). The number of aromatic nitrogens is 2. The third-order valence-corrected chi connectivity index (χ3v) is 3.41. The van der Waals surface area contributed by atoms with Crippen LogP contribution in [0, 0.1) is 0 Å². The summed E-state index contributed by atoms with van der Waals surface area (Å²) in [6, 6.07) is 0. The highest BCUT2D eigenvalue weighted by Crippen LogP contribution is 2.28. The standard InChI is InChI=1S/C11H17N3O/c1-2-8(6-12-4-1)11-9-7-15-5-3-10(9)13-14-11/h8,12H,1-7H2,(H,13,14). The molecular weight excluding hydrogens is 190 g/mol. The summed E-state index contributed by atoms with van der Waals surface area (Å²) in [5, 5.41) is 11.1. The van der Waals surface area contributed by atoms with Crippen LogP contribution in [0.1, 0.15) is 35.7 Å². The Labute approximate surface area is 89.4 Å². The van der Waals surface area contributed by atoms with Crippen molar-refractivity contribution >= 4 is 0 Å². The minimum Gasteiger partial charge on any atom is -0.376 e. The van der Waals surface area contributed by atoms with E-state index in [1.807, 2.05) is 0 Å². The first-order chi connectivity index (χ1) is 7.45. The smallest absolute Gasteiger partial charge is 0.0753 e. The second-order valence-corrected chi connectivity index (χ2v) is 4.41. The molecule has 2 aliphatic heterocycles. The molecule has 0 saturated carbocycles. The van der Waals surface area contributed by atoms with E-state index in [1.165, 1.54) is 29.8 Å². The fraction of sp³-hybridized carbons (Fsp3) is 0.727. The van der Waals surface area contributed by atoms with Gasteiger partial charge in [0.25, 0.3) is 0 Å². The van der Waals surface area contributed by atoms with Crippen LogP contribution in [-0.2, 0) is 17.8 Å². The van der Waals surface area contributed by atoms with E-state index in [1.54, 1.807) is 0 Å². The van der Waals surface area contributed by atoms with Crippen LogP contribution in [0.3, 0.4) is 0 Å². The van der Waals surface area contributed by atoms with Crippen molar-refractivity contribution in [3.63, 3.8) is 0 Å². The van der Waals surface area contributed by atoms with E-state index in [4.69, 9.17) is 4.74 Å². The molecule has 1 aromatic rings. The molecule has 0 aromatic carbocycles. The number of piperidine rings is 1. The Morgan fingerprint density at radius 3 is 3.27 bits per heavy atom. The van der Waals surface area contributed by atoms with Crippen LogP contribution in [0.4, 0.5) is 0 Å². The topological polar surface area (TPSA) is 49.9 Å². The lowest BCUT2D eigenvalue weighted by atomic mass is 9.92. The minimum atomic E-state index is 0.584. The first-order valence-electron chi connectivity index (χ1n) is 5.79. The zero-order valence-corrected chi connectivity index (χ0v) is 8.88. The van der Waals surface area contributed by atoms with E-state index in [2.05, 4.69) is 15.5 Å². The van der Waals surface area contributed by atoms with Crippen LogP contribution in [0.25, 0.3) is 0 Å². The van der Waals surface area contributed by atoms with Crippen LogP contribution >= 0.6 is 0 Å². The van der Waals surface area contributed by atoms with Gasteiger partial charge in [0.2, 0.25) is 0 Å². The molecular formula is C11H17N3O. The average Bonchev–Trinajstić information content (AvgIpc) is 2.74. The van der Waals surface area contributed by atoms with Gasteiger partial charge in [0.1, 0.15) is 0 Å². The fourth-order valence-corrected chi connectivity index (χ4v) is 2.56. The quantitative estimate of drug-likeness (QED) is 0.721. The van der Waals surface area contributed by atoms with Gasteiger partial charge in [-0.1, -0.05) is 0 Å². The van der Waals surface area contributed by atoms with Gasteiger partial charge in [-0.15, -0.1) is 0 Å². The second kappa shape index (κ2) is 3.94. The van der Waals surface area contributed by atoms with Gasteiger partial charge in [-0.3, -0.25) is 5.10 Å². The second-order valence-electron chi connectivity index (χ2n) is 4.41. The molecule has 1 unspecified atom stereocenters. The minimum absolute atomic E-state index is 0.584. The van der Waals surface area contributed by atoms with Crippen molar-refractivity contribution in [2.45, 2.75) is 31.8 Å². The molecule has 1 aromatic heterocycles. The van der Waals surface area contributed by atoms with Gasteiger partial charge < -0.3 is 10.1 Å². The van der Waals surface area contributed by atoms with E-state index >= 15 is 0 Å². The number of rotatable bonds is 1. The Bertz CT molecular complexity index is 342. The molecule has 0 radical (unpaired) electrons. The van der Waals surface area contributed by atoms with E-state index < -0.39 is 0 Å². The predicted octanol–water partition coefficient (Wildman–Crippen LogP) is 0.949. The summed E-state index contributed by atoms with van der Waals surface area (Å²) in [6.07, 6.45) is 3.50. The van der Waals surface area contributed by atoms with Crippen molar-refractivity contribution in [1.82, 2.24) is 15.5 Å². The highest BCUT2D eigenvalue weighted by atomic mass is 16.5. The number of nitrogens with zero attached hydrogens (tertiary/aromatic N) is 1. The lowest BCUT2D eigenvalue weighted by Gasteiger charge is -2.23. The van der Waals surface area contributed by atoms with Gasteiger partial charge in [-0.25, -0.2) is 0 Å². The number of hydrogen-bond acceptors (Lipinski definition) is 3. The van der Waals surface area contributed by atoms with Crippen LogP contribution in [0.15, 0.2) is 0 Å². The molecule has 1 fully saturated rings. The molecule has 0 aliphatic carbocycles. The lowest BCUT2D eigenvalue weighted by molar-refractivity contribution is 0.109. The summed E-state index contributed by atoms with van der Waals surface area (Å²) < 4.78 is 5.51. The molecule has 4 heteroatoms. The third-order valence-electron chi connectivity index (χ3n) is 3.41. The van der Waals surface area contributed by atoms with Crippen molar-refractivity contribution in [3.8, 4) is 0 Å². The van der Waals surface area contributed by atoms with Crippen molar-refractivity contribution < 1.29 is 4.74 Å². The van der Waals surface area contributed by atoms with Gasteiger partial charge in [-0.2, -0.15) is 5.10 Å². The molecule has 4 nitrogen and oxygen atoms in total. The third kappa shape index (κ3) is 1.68. The van der Waals surface area contributed by atoms with Crippen molar-refractivity contribution in [2.24, 2.45) is 0 Å². The molecule has 0 amide bonds. The molecule has 15 heavy (non-hydrogen) atoms. The maximum atomic E-state index is 5.51. The SMILES string of the molecule is C1CNCC(c2n[nH]c3c2COCC3)C1. The normalized spacial score (nSPS) is 26.3. The number of fused-ring (bicyclic) bond motifs is 1. The summed E-state index contributed by atoms with van der Waals surface area (Å²) in [6.45, 7) is 3.80. The molecule has 0 bridgehead atoms. The van der Waals surface area contributed by atoms with Gasteiger partial charge in [0.15, 0.2) is 0 Å². The Balaban J connectivity index is 1.87. The van der Waals surface area contributed by atoms with Crippen molar-refractivity contribution in [1.29, 1.82) is 0 Å². The van der Waals surface area contributed by atoms with Crippen molar-refractivity contribution in [2.75, 3.05) is 19.7 Å². The Morgan fingerprint density at radius 2 is 2.40 bits per heavy atom. The van der Waals surface area contributed by atoms with Crippen LogP contribution in [-0.4, -0.2) is 29.9 Å². The molecule has 82 valence electrons. The monoisotopic (exact) mass is 207 g/mol. The number of H-pyrrole nitrogens is 1. The van der Waals surface area contributed by atoms with E-state index in [9.17, 15) is 0 Å². The summed E-state index contributed by atoms with van der Waals surface area (Å²) in [5.74, 6) is 0.584. The molecule has 0 spiro atoms. The highest BCUT2D eigenvalue weighted by Gasteiger charge is 2.24. The fourth-order valence-electron chi connectivity index (χ4n) is 2.56. The van der Waals surface area contributed by atoms with E-state index in [0.29, 0.717) is 5.92 Å². The summed E-state index contributed by atoms with van der Waals surface area (Å²) in [7, 11) is 0. The number of ether oxygens (including phenoxy) is 1. The van der Waals surface area contributed by atoms with Crippen LogP contribution in [0.2, 0.25) is 0 Å². The number of hydrogen-bond donors (Lipinski definition) is 2. The van der Waals surface area contributed by atoms with E-state index in [-0.39, 0.29) is 0 Å². The molecule has 2 N–H and O–H groups in total. The molecule has 1 atom stereocenters. The Kier molecular flexibility index (Phi) is 2.46. The maximum Gasteiger partial charge on any atom is 0.0753 e. The molecule has 2 aliphatic rings. The number of nitrogens with one attached hydrogen (secondary N) is 2.